The fourth-order valence-electron chi connectivity index (χ4n) is 3.00. The summed E-state index contributed by atoms with van der Waals surface area (Å²) >= 11 is 2.22. The lowest BCUT2D eigenvalue weighted by Gasteiger charge is -2.25. The zero-order valence-electron chi connectivity index (χ0n) is 12.5. The number of carbonyl (C=O) groups excluding carboxylic acids is 1. The molecular formula is C18H17FINO2. The molecule has 0 bridgehead atoms. The van der Waals surface area contributed by atoms with Crippen LogP contribution in [-0.4, -0.2) is 28.6 Å². The summed E-state index contributed by atoms with van der Waals surface area (Å²) < 4.78 is 14.6. The molecule has 1 aliphatic heterocycles. The molecule has 2 atom stereocenters. The molecule has 1 saturated heterocycles. The molecule has 1 fully saturated rings. The van der Waals surface area contributed by atoms with Crippen molar-refractivity contribution in [3.05, 3.63) is 69.0 Å². The van der Waals surface area contributed by atoms with Gasteiger partial charge in [0.2, 0.25) is 5.91 Å². The number of aliphatic hydroxyl groups is 1. The fraction of sp³-hybridized carbons (Fsp3) is 0.278. The van der Waals surface area contributed by atoms with Crippen molar-refractivity contribution in [3.8, 4) is 0 Å². The molecule has 0 radical (unpaired) electrons. The van der Waals surface area contributed by atoms with E-state index in [4.69, 9.17) is 0 Å². The number of likely N-dealkylation sites (tertiary alicyclic amines) is 1. The third kappa shape index (κ3) is 3.90. The van der Waals surface area contributed by atoms with Crippen molar-refractivity contribution in [2.45, 2.75) is 25.0 Å². The standard InChI is InChI=1S/C18H17FINO2/c19-14-3-1-2-13(9-14)17-10-16(22)11-21(17)18(23)8-12-4-6-15(20)7-5-12/h1-7,9,16-17,22H,8,10-11H2/t16-,17+/m1/s1. The van der Waals surface area contributed by atoms with Crippen LogP contribution in [0.25, 0.3) is 0 Å². The predicted octanol–water partition coefficient (Wildman–Crippen LogP) is 3.31. The van der Waals surface area contributed by atoms with Crippen LogP contribution in [0.4, 0.5) is 4.39 Å². The fourth-order valence-corrected chi connectivity index (χ4v) is 3.36. The molecule has 0 spiro atoms. The Balaban J connectivity index is 1.78. The molecule has 1 N–H and O–H groups in total. The molecule has 2 aromatic carbocycles. The summed E-state index contributed by atoms with van der Waals surface area (Å²) in [7, 11) is 0. The molecule has 1 aliphatic rings. The van der Waals surface area contributed by atoms with Crippen LogP contribution in [0.1, 0.15) is 23.6 Å². The van der Waals surface area contributed by atoms with Crippen LogP contribution in [-0.2, 0) is 11.2 Å². The van der Waals surface area contributed by atoms with Gasteiger partial charge in [-0.15, -0.1) is 0 Å². The zero-order chi connectivity index (χ0) is 16.4. The first-order valence-electron chi connectivity index (χ1n) is 7.50. The SMILES string of the molecule is O=C(Cc1ccc(I)cc1)N1C[C@H](O)C[C@H]1c1cccc(F)c1. The number of aliphatic hydroxyl groups excluding tert-OH is 1. The lowest BCUT2D eigenvalue weighted by molar-refractivity contribution is -0.131. The highest BCUT2D eigenvalue weighted by atomic mass is 127. The lowest BCUT2D eigenvalue weighted by atomic mass is 10.0. The average molecular weight is 425 g/mol. The van der Waals surface area contributed by atoms with E-state index >= 15 is 0 Å². The van der Waals surface area contributed by atoms with E-state index in [1.165, 1.54) is 12.1 Å². The minimum Gasteiger partial charge on any atom is -0.391 e. The highest BCUT2D eigenvalue weighted by molar-refractivity contribution is 14.1. The average Bonchev–Trinajstić information content (AvgIpc) is 2.92. The molecule has 1 heterocycles. The maximum absolute atomic E-state index is 13.5. The van der Waals surface area contributed by atoms with E-state index in [2.05, 4.69) is 22.6 Å². The quantitative estimate of drug-likeness (QED) is 0.767. The minimum atomic E-state index is -0.566. The first-order valence-corrected chi connectivity index (χ1v) is 8.58. The van der Waals surface area contributed by atoms with Gasteiger partial charge in [0.05, 0.1) is 18.6 Å². The third-order valence-corrected chi connectivity index (χ3v) is 4.82. The number of hydrogen-bond acceptors (Lipinski definition) is 2. The van der Waals surface area contributed by atoms with Gasteiger partial charge in [0.15, 0.2) is 0 Å². The second kappa shape index (κ2) is 6.97. The molecule has 23 heavy (non-hydrogen) atoms. The number of amides is 1. The maximum Gasteiger partial charge on any atom is 0.227 e. The number of β-amino-alcohol motifs (C(OH)–C–C–N with tert-alkyl or cyclic N) is 1. The lowest BCUT2D eigenvalue weighted by Crippen LogP contribution is -2.33. The summed E-state index contributed by atoms with van der Waals surface area (Å²) in [5, 5.41) is 9.96. The van der Waals surface area contributed by atoms with Crippen molar-refractivity contribution in [3.63, 3.8) is 0 Å². The molecule has 5 heteroatoms. The Morgan fingerprint density at radius 2 is 2.00 bits per heavy atom. The van der Waals surface area contributed by atoms with Gasteiger partial charge in [-0.2, -0.15) is 0 Å². The van der Waals surface area contributed by atoms with Crippen LogP contribution in [0.5, 0.6) is 0 Å². The number of benzene rings is 2. The van der Waals surface area contributed by atoms with Crippen molar-refractivity contribution in [1.29, 1.82) is 0 Å². The molecule has 2 aromatic rings. The summed E-state index contributed by atoms with van der Waals surface area (Å²) in [6.07, 6.45) is 0.168. The molecule has 0 aromatic heterocycles. The smallest absolute Gasteiger partial charge is 0.227 e. The highest BCUT2D eigenvalue weighted by Gasteiger charge is 2.35. The van der Waals surface area contributed by atoms with Gasteiger partial charge in [-0.05, 0) is 64.4 Å². The highest BCUT2D eigenvalue weighted by Crippen LogP contribution is 2.33. The Labute approximate surface area is 148 Å². The van der Waals surface area contributed by atoms with Gasteiger partial charge in [0.25, 0.3) is 0 Å². The monoisotopic (exact) mass is 425 g/mol. The molecular weight excluding hydrogens is 408 g/mol. The van der Waals surface area contributed by atoms with E-state index in [-0.39, 0.29) is 24.2 Å². The maximum atomic E-state index is 13.5. The summed E-state index contributed by atoms with van der Waals surface area (Å²) in [5.41, 5.74) is 1.67. The number of nitrogens with zero attached hydrogens (tertiary/aromatic N) is 1. The molecule has 3 rings (SSSR count). The normalized spacial score (nSPS) is 20.7. The number of halogens is 2. The Morgan fingerprint density at radius 1 is 1.26 bits per heavy atom. The Bertz CT molecular complexity index is 704. The van der Waals surface area contributed by atoms with Gasteiger partial charge in [-0.1, -0.05) is 24.3 Å². The zero-order valence-corrected chi connectivity index (χ0v) is 14.6. The third-order valence-electron chi connectivity index (χ3n) is 4.10. The first-order chi connectivity index (χ1) is 11.0. The summed E-state index contributed by atoms with van der Waals surface area (Å²) in [4.78, 5) is 14.3. The van der Waals surface area contributed by atoms with E-state index in [0.29, 0.717) is 13.0 Å². The van der Waals surface area contributed by atoms with Crippen molar-refractivity contribution in [2.24, 2.45) is 0 Å². The van der Waals surface area contributed by atoms with Crippen molar-refractivity contribution in [1.82, 2.24) is 4.90 Å². The second-order valence-corrected chi connectivity index (χ2v) is 7.06. The molecule has 1 amide bonds. The summed E-state index contributed by atoms with van der Waals surface area (Å²) in [5.74, 6) is -0.369. The molecule has 0 aliphatic carbocycles. The molecule has 0 unspecified atom stereocenters. The van der Waals surface area contributed by atoms with Gasteiger partial charge in [-0.3, -0.25) is 4.79 Å². The van der Waals surface area contributed by atoms with Gasteiger partial charge in [0, 0.05) is 10.1 Å². The van der Waals surface area contributed by atoms with Crippen LogP contribution in [0, 0.1) is 9.39 Å². The van der Waals surface area contributed by atoms with Crippen molar-refractivity contribution >= 4 is 28.5 Å². The van der Waals surface area contributed by atoms with Gasteiger partial charge >= 0.3 is 0 Å². The molecule has 0 saturated carbocycles. The van der Waals surface area contributed by atoms with Crippen molar-refractivity contribution < 1.29 is 14.3 Å². The first kappa shape index (κ1) is 16.4. The summed E-state index contributed by atoms with van der Waals surface area (Å²) in [6, 6.07) is 13.8. The minimum absolute atomic E-state index is 0.0444. The Morgan fingerprint density at radius 3 is 2.70 bits per heavy atom. The van der Waals surface area contributed by atoms with E-state index in [1.807, 2.05) is 24.3 Å². The number of hydrogen-bond donors (Lipinski definition) is 1. The van der Waals surface area contributed by atoms with E-state index in [0.717, 1.165) is 14.7 Å². The number of rotatable bonds is 3. The van der Waals surface area contributed by atoms with Crippen LogP contribution in [0.15, 0.2) is 48.5 Å². The van der Waals surface area contributed by atoms with Crippen LogP contribution >= 0.6 is 22.6 Å². The summed E-state index contributed by atoms with van der Waals surface area (Å²) in [6.45, 7) is 0.296. The van der Waals surface area contributed by atoms with Crippen LogP contribution in [0.2, 0.25) is 0 Å². The largest absolute Gasteiger partial charge is 0.391 e. The van der Waals surface area contributed by atoms with E-state index in [1.54, 1.807) is 17.0 Å². The van der Waals surface area contributed by atoms with Gasteiger partial charge in [0.1, 0.15) is 5.82 Å². The van der Waals surface area contributed by atoms with E-state index < -0.39 is 6.10 Å². The van der Waals surface area contributed by atoms with Crippen LogP contribution in [0.3, 0.4) is 0 Å². The van der Waals surface area contributed by atoms with Crippen LogP contribution < -0.4 is 0 Å². The Kier molecular flexibility index (Phi) is 4.96. The van der Waals surface area contributed by atoms with Crippen molar-refractivity contribution in [2.75, 3.05) is 6.54 Å². The predicted molar refractivity (Wildman–Crippen MR) is 94.3 cm³/mol. The van der Waals surface area contributed by atoms with Gasteiger partial charge in [-0.25, -0.2) is 4.39 Å². The Hall–Kier alpha value is -1.47. The molecule has 3 nitrogen and oxygen atoms in total. The molecule has 120 valence electrons. The van der Waals surface area contributed by atoms with Gasteiger partial charge < -0.3 is 10.0 Å². The second-order valence-electron chi connectivity index (χ2n) is 5.81. The number of carbonyl (C=O) groups is 1. The van der Waals surface area contributed by atoms with E-state index in [9.17, 15) is 14.3 Å². The topological polar surface area (TPSA) is 40.5 Å².